The third-order valence-corrected chi connectivity index (χ3v) is 3.01. The molecule has 1 rings (SSSR count). The van der Waals surface area contributed by atoms with Crippen molar-refractivity contribution in [2.24, 2.45) is 0 Å². The van der Waals surface area contributed by atoms with Crippen LogP contribution in [0.5, 0.6) is 0 Å². The second kappa shape index (κ2) is 6.01. The van der Waals surface area contributed by atoms with E-state index >= 15 is 0 Å². The molecule has 0 spiro atoms. The summed E-state index contributed by atoms with van der Waals surface area (Å²) in [5.41, 5.74) is 0.797. The van der Waals surface area contributed by atoms with Crippen LogP contribution in [0.3, 0.4) is 0 Å². The van der Waals surface area contributed by atoms with Gasteiger partial charge in [0.1, 0.15) is 0 Å². The Morgan fingerprint density at radius 1 is 1.56 bits per heavy atom. The second-order valence-electron chi connectivity index (χ2n) is 3.73. The zero-order chi connectivity index (χ0) is 12.1. The minimum absolute atomic E-state index is 0.0694. The highest BCUT2D eigenvalue weighted by Crippen LogP contribution is 2.25. The smallest absolute Gasteiger partial charge is 0.311 e. The fourth-order valence-corrected chi connectivity index (χ4v) is 1.95. The number of hydrogen-bond acceptors (Lipinski definition) is 2. The predicted molar refractivity (Wildman–Crippen MR) is 65.6 cm³/mol. The third kappa shape index (κ3) is 3.61. The largest absolute Gasteiger partial charge is 0.481 e. The van der Waals surface area contributed by atoms with Gasteiger partial charge >= 0.3 is 5.97 Å². The van der Waals surface area contributed by atoms with Crippen LogP contribution in [0.15, 0.2) is 28.7 Å². The molecular weight excluding hydrogens is 272 g/mol. The molecule has 0 bridgehead atoms. The van der Waals surface area contributed by atoms with Crippen LogP contribution in [0.1, 0.15) is 24.8 Å². The number of rotatable bonds is 5. The quantitative estimate of drug-likeness (QED) is 0.905. The number of carboxylic acids is 1. The number of carbonyl (C=O) groups is 1. The van der Waals surface area contributed by atoms with Crippen molar-refractivity contribution in [3.05, 3.63) is 34.3 Å². The van der Waals surface area contributed by atoms with E-state index in [0.717, 1.165) is 10.0 Å². The molecule has 0 saturated heterocycles. The molecule has 1 aromatic rings. The van der Waals surface area contributed by atoms with E-state index < -0.39 is 11.9 Å². The summed E-state index contributed by atoms with van der Waals surface area (Å²) >= 11 is 3.34. The molecule has 0 fully saturated rings. The lowest BCUT2D eigenvalue weighted by atomic mass is 9.94. The Balaban J connectivity index is 2.89. The molecule has 2 unspecified atom stereocenters. The van der Waals surface area contributed by atoms with E-state index in [1.165, 1.54) is 0 Å². The van der Waals surface area contributed by atoms with Crippen molar-refractivity contribution in [3.8, 4) is 0 Å². The summed E-state index contributed by atoms with van der Waals surface area (Å²) in [7, 11) is 1.59. The van der Waals surface area contributed by atoms with Crippen LogP contribution in [-0.2, 0) is 9.53 Å². The highest BCUT2D eigenvalue weighted by Gasteiger charge is 2.22. The fourth-order valence-electron chi connectivity index (χ4n) is 1.53. The maximum absolute atomic E-state index is 11.2. The van der Waals surface area contributed by atoms with Crippen molar-refractivity contribution >= 4 is 21.9 Å². The van der Waals surface area contributed by atoms with Crippen LogP contribution in [-0.4, -0.2) is 24.3 Å². The summed E-state index contributed by atoms with van der Waals surface area (Å²) in [6.07, 6.45) is 0.405. The summed E-state index contributed by atoms with van der Waals surface area (Å²) < 4.78 is 6.00. The van der Waals surface area contributed by atoms with Gasteiger partial charge in [-0.05, 0) is 31.0 Å². The lowest BCUT2D eigenvalue weighted by molar-refractivity contribution is -0.139. The van der Waals surface area contributed by atoms with Crippen LogP contribution in [0.2, 0.25) is 0 Å². The zero-order valence-electron chi connectivity index (χ0n) is 9.31. The van der Waals surface area contributed by atoms with Gasteiger partial charge in [0.15, 0.2) is 0 Å². The zero-order valence-corrected chi connectivity index (χ0v) is 10.9. The first-order valence-corrected chi connectivity index (χ1v) is 5.85. The van der Waals surface area contributed by atoms with Crippen molar-refractivity contribution in [3.63, 3.8) is 0 Å². The normalized spacial score (nSPS) is 14.4. The Morgan fingerprint density at radius 3 is 2.75 bits per heavy atom. The Hall–Kier alpha value is -0.870. The lowest BCUT2D eigenvalue weighted by Crippen LogP contribution is -2.18. The van der Waals surface area contributed by atoms with E-state index in [0.29, 0.717) is 6.42 Å². The first-order valence-electron chi connectivity index (χ1n) is 5.05. The Bertz CT molecular complexity index is 365. The van der Waals surface area contributed by atoms with Crippen LogP contribution < -0.4 is 0 Å². The molecule has 0 amide bonds. The average molecular weight is 287 g/mol. The molecule has 0 aliphatic rings. The summed E-state index contributed by atoms with van der Waals surface area (Å²) in [5, 5.41) is 9.19. The number of hydrogen-bond donors (Lipinski definition) is 1. The topological polar surface area (TPSA) is 46.5 Å². The highest BCUT2D eigenvalue weighted by atomic mass is 79.9. The molecule has 3 nitrogen and oxygen atoms in total. The summed E-state index contributed by atoms with van der Waals surface area (Å²) in [4.78, 5) is 11.2. The van der Waals surface area contributed by atoms with Crippen LogP contribution in [0, 0.1) is 0 Å². The van der Waals surface area contributed by atoms with Crippen LogP contribution >= 0.6 is 15.9 Å². The molecule has 0 aliphatic carbocycles. The van der Waals surface area contributed by atoms with Gasteiger partial charge in [-0.25, -0.2) is 0 Å². The number of aliphatic carboxylic acids is 1. The van der Waals surface area contributed by atoms with Crippen molar-refractivity contribution in [2.75, 3.05) is 7.11 Å². The van der Waals surface area contributed by atoms with Crippen molar-refractivity contribution in [1.82, 2.24) is 0 Å². The minimum atomic E-state index is -0.818. The molecule has 2 atom stereocenters. The lowest BCUT2D eigenvalue weighted by Gasteiger charge is -2.17. The SMILES string of the molecule is COC(C)CC(C(=O)O)c1cccc(Br)c1. The molecule has 88 valence electrons. The first-order chi connectivity index (χ1) is 7.54. The van der Waals surface area contributed by atoms with Gasteiger partial charge in [-0.2, -0.15) is 0 Å². The molecule has 0 radical (unpaired) electrons. The van der Waals surface area contributed by atoms with Gasteiger partial charge in [0.05, 0.1) is 12.0 Å². The van der Waals surface area contributed by atoms with Crippen molar-refractivity contribution in [2.45, 2.75) is 25.4 Å². The van der Waals surface area contributed by atoms with Crippen LogP contribution in [0.4, 0.5) is 0 Å². The average Bonchev–Trinajstić information content (AvgIpc) is 2.25. The van der Waals surface area contributed by atoms with E-state index in [-0.39, 0.29) is 6.10 Å². The van der Waals surface area contributed by atoms with E-state index in [9.17, 15) is 9.90 Å². The number of carboxylic acid groups (broad SMARTS) is 1. The second-order valence-corrected chi connectivity index (χ2v) is 4.64. The van der Waals surface area contributed by atoms with Crippen molar-refractivity contribution in [1.29, 1.82) is 0 Å². The number of benzene rings is 1. The summed E-state index contributed by atoms with van der Waals surface area (Å²) in [6, 6.07) is 7.38. The molecule has 1 N–H and O–H groups in total. The molecule has 0 saturated carbocycles. The standard InChI is InChI=1S/C12H15BrO3/c1-8(16-2)6-11(12(14)15)9-4-3-5-10(13)7-9/h3-5,7-8,11H,6H2,1-2H3,(H,14,15). The highest BCUT2D eigenvalue weighted by molar-refractivity contribution is 9.10. The first kappa shape index (κ1) is 13.2. The summed E-state index contributed by atoms with van der Waals surface area (Å²) in [5.74, 6) is -1.34. The van der Waals surface area contributed by atoms with Gasteiger partial charge in [-0.3, -0.25) is 4.79 Å². The maximum atomic E-state index is 11.2. The van der Waals surface area contributed by atoms with Crippen LogP contribution in [0.25, 0.3) is 0 Å². The molecule has 16 heavy (non-hydrogen) atoms. The number of methoxy groups -OCH3 is 1. The van der Waals surface area contributed by atoms with Gasteiger partial charge in [0.25, 0.3) is 0 Å². The Morgan fingerprint density at radius 2 is 2.25 bits per heavy atom. The van der Waals surface area contributed by atoms with Gasteiger partial charge in [-0.15, -0.1) is 0 Å². The minimum Gasteiger partial charge on any atom is -0.481 e. The molecule has 0 aliphatic heterocycles. The fraction of sp³-hybridized carbons (Fsp3) is 0.417. The van der Waals surface area contributed by atoms with E-state index in [1.807, 2.05) is 31.2 Å². The number of halogens is 1. The summed E-state index contributed by atoms with van der Waals surface area (Å²) in [6.45, 7) is 1.87. The third-order valence-electron chi connectivity index (χ3n) is 2.52. The van der Waals surface area contributed by atoms with Crippen molar-refractivity contribution < 1.29 is 14.6 Å². The van der Waals surface area contributed by atoms with Gasteiger partial charge < -0.3 is 9.84 Å². The maximum Gasteiger partial charge on any atom is 0.311 e. The van der Waals surface area contributed by atoms with E-state index in [2.05, 4.69) is 15.9 Å². The molecule has 4 heteroatoms. The predicted octanol–water partition coefficient (Wildman–Crippen LogP) is 3.04. The molecular formula is C12H15BrO3. The molecule has 0 aromatic heterocycles. The Labute approximate surface area is 104 Å². The van der Waals surface area contributed by atoms with E-state index in [4.69, 9.17) is 4.74 Å². The van der Waals surface area contributed by atoms with Gasteiger partial charge in [0, 0.05) is 11.6 Å². The molecule has 0 heterocycles. The molecule has 1 aromatic carbocycles. The van der Waals surface area contributed by atoms with Gasteiger partial charge in [-0.1, -0.05) is 28.1 Å². The number of ether oxygens (including phenoxy) is 1. The monoisotopic (exact) mass is 286 g/mol. The van der Waals surface area contributed by atoms with Gasteiger partial charge in [0.2, 0.25) is 0 Å². The van der Waals surface area contributed by atoms with E-state index in [1.54, 1.807) is 7.11 Å². The Kier molecular flexibility index (Phi) is 4.96.